The van der Waals surface area contributed by atoms with Gasteiger partial charge in [0.1, 0.15) is 5.82 Å². The smallest absolute Gasteiger partial charge is 0.123 e. The fourth-order valence-electron chi connectivity index (χ4n) is 3.75. The van der Waals surface area contributed by atoms with Crippen molar-refractivity contribution < 1.29 is 4.39 Å². The van der Waals surface area contributed by atoms with E-state index in [-0.39, 0.29) is 5.82 Å². The van der Waals surface area contributed by atoms with Crippen molar-refractivity contribution in [2.45, 2.75) is 100 Å². The molecule has 0 aliphatic heterocycles. The monoisotopic (exact) mass is 518 g/mol. The van der Waals surface area contributed by atoms with Gasteiger partial charge in [0.25, 0.3) is 0 Å². The molecular weight excluding hydrogens is 463 g/mol. The van der Waals surface area contributed by atoms with Gasteiger partial charge in [-0.25, -0.2) is 4.39 Å². The molecule has 38 heavy (non-hydrogen) atoms. The van der Waals surface area contributed by atoms with E-state index in [0.29, 0.717) is 11.8 Å². The van der Waals surface area contributed by atoms with Gasteiger partial charge in [-0.3, -0.25) is 0 Å². The summed E-state index contributed by atoms with van der Waals surface area (Å²) in [5.41, 5.74) is 6.88. The standard InChI is InChI=1S/2C11H16.C9H11F.C6H12/c1-8(2)11-6-5-9(3)7-10(11)4;1-10(2)8-9-11-6-4-3-5-7-11;1-7(2)8-3-5-9(10)6-4-8;1-4-5-6(2)3/h5-8H,1-4H3;3-7,10H,8-9H2,1-2H3;3-7H,1-2H3;4,6H,1,5H2,2-3H3. The lowest BCUT2D eigenvalue weighted by molar-refractivity contribution is 0.587. The summed E-state index contributed by atoms with van der Waals surface area (Å²) in [5, 5.41) is 0. The molecule has 0 atom stereocenters. The van der Waals surface area contributed by atoms with Crippen molar-refractivity contribution in [2.75, 3.05) is 0 Å². The Kier molecular flexibility index (Phi) is 18.9. The van der Waals surface area contributed by atoms with E-state index in [1.807, 2.05) is 18.2 Å². The molecule has 0 nitrogen and oxygen atoms in total. The second-order valence-electron chi connectivity index (χ2n) is 11.6. The van der Waals surface area contributed by atoms with Crippen molar-refractivity contribution >= 4 is 0 Å². The van der Waals surface area contributed by atoms with Gasteiger partial charge >= 0.3 is 0 Å². The largest absolute Gasteiger partial charge is 0.207 e. The molecule has 3 aromatic carbocycles. The molecule has 0 aliphatic rings. The third-order valence-corrected chi connectivity index (χ3v) is 6.08. The van der Waals surface area contributed by atoms with E-state index >= 15 is 0 Å². The Bertz CT molecular complexity index is 979. The van der Waals surface area contributed by atoms with Crippen LogP contribution in [0, 0.1) is 31.5 Å². The highest BCUT2D eigenvalue weighted by Gasteiger charge is 2.01. The second kappa shape index (κ2) is 20.3. The minimum absolute atomic E-state index is 0.163. The van der Waals surface area contributed by atoms with Crippen LogP contribution in [0.15, 0.2) is 85.5 Å². The molecule has 0 saturated heterocycles. The van der Waals surface area contributed by atoms with Gasteiger partial charge in [0, 0.05) is 0 Å². The summed E-state index contributed by atoms with van der Waals surface area (Å²) < 4.78 is 12.4. The van der Waals surface area contributed by atoms with Crippen molar-refractivity contribution in [1.82, 2.24) is 0 Å². The number of allylic oxidation sites excluding steroid dienone is 1. The molecule has 210 valence electrons. The maximum Gasteiger partial charge on any atom is 0.123 e. The first kappa shape index (κ1) is 35.3. The van der Waals surface area contributed by atoms with Crippen LogP contribution >= 0.6 is 0 Å². The fraction of sp³-hybridized carbons (Fsp3) is 0.459. The van der Waals surface area contributed by atoms with Crippen molar-refractivity contribution in [3.8, 4) is 0 Å². The maximum atomic E-state index is 12.4. The van der Waals surface area contributed by atoms with E-state index in [0.717, 1.165) is 18.3 Å². The normalized spacial score (nSPS) is 10.3. The van der Waals surface area contributed by atoms with E-state index in [1.165, 1.54) is 52.8 Å². The molecule has 1 heteroatoms. The zero-order chi connectivity index (χ0) is 29.1. The van der Waals surface area contributed by atoms with E-state index in [9.17, 15) is 4.39 Å². The number of halogens is 1. The Morgan fingerprint density at radius 2 is 1.29 bits per heavy atom. The van der Waals surface area contributed by atoms with Gasteiger partial charge in [0.2, 0.25) is 0 Å². The minimum atomic E-state index is -0.163. The molecule has 0 fully saturated rings. The van der Waals surface area contributed by atoms with Crippen molar-refractivity contribution in [2.24, 2.45) is 11.8 Å². The molecule has 0 unspecified atom stereocenters. The van der Waals surface area contributed by atoms with Crippen molar-refractivity contribution in [1.29, 1.82) is 0 Å². The first-order chi connectivity index (χ1) is 17.9. The molecule has 0 amide bonds. The molecule has 0 bridgehead atoms. The maximum absolute atomic E-state index is 12.4. The first-order valence-electron chi connectivity index (χ1n) is 14.3. The summed E-state index contributed by atoms with van der Waals surface area (Å²) in [4.78, 5) is 0. The molecule has 0 spiro atoms. The lowest BCUT2D eigenvalue weighted by atomic mass is 9.97. The SMILES string of the molecule is C=CCC(C)C.CC(C)CCc1ccccc1.CC(C)c1ccc(F)cc1.Cc1ccc(C(C)C)c(C)c1. The third-order valence-electron chi connectivity index (χ3n) is 6.08. The highest BCUT2D eigenvalue weighted by atomic mass is 19.1. The average Bonchev–Trinajstić information content (AvgIpc) is 2.84. The average molecular weight is 519 g/mol. The van der Waals surface area contributed by atoms with Gasteiger partial charge in [0.15, 0.2) is 0 Å². The summed E-state index contributed by atoms with van der Waals surface area (Å²) in [6.07, 6.45) is 5.60. The van der Waals surface area contributed by atoms with Crippen LogP contribution < -0.4 is 0 Å². The summed E-state index contributed by atoms with van der Waals surface area (Å²) in [5.74, 6) is 2.57. The van der Waals surface area contributed by atoms with E-state index in [1.54, 1.807) is 0 Å². The number of hydrogen-bond donors (Lipinski definition) is 0. The van der Waals surface area contributed by atoms with Crippen molar-refractivity contribution in [3.05, 3.63) is 119 Å². The van der Waals surface area contributed by atoms with Gasteiger partial charge < -0.3 is 0 Å². The van der Waals surface area contributed by atoms with Crippen LogP contribution in [-0.2, 0) is 6.42 Å². The molecule has 0 aliphatic carbocycles. The van der Waals surface area contributed by atoms with E-state index < -0.39 is 0 Å². The van der Waals surface area contributed by atoms with Crippen LogP contribution in [-0.4, -0.2) is 0 Å². The predicted molar refractivity (Wildman–Crippen MR) is 170 cm³/mol. The Hall–Kier alpha value is -2.67. The van der Waals surface area contributed by atoms with Gasteiger partial charge in [-0.05, 0) is 91.2 Å². The quantitative estimate of drug-likeness (QED) is 0.273. The van der Waals surface area contributed by atoms with Gasteiger partial charge in [-0.2, -0.15) is 0 Å². The fourth-order valence-corrected chi connectivity index (χ4v) is 3.75. The Morgan fingerprint density at radius 3 is 1.68 bits per heavy atom. The number of hydrogen-bond acceptors (Lipinski definition) is 0. The van der Waals surface area contributed by atoms with Crippen LogP contribution in [0.5, 0.6) is 0 Å². The highest BCUT2D eigenvalue weighted by molar-refractivity contribution is 5.32. The Balaban J connectivity index is 0.000000491. The Labute approximate surface area is 235 Å². The zero-order valence-electron chi connectivity index (χ0n) is 26.0. The highest BCUT2D eigenvalue weighted by Crippen LogP contribution is 2.19. The van der Waals surface area contributed by atoms with E-state index in [2.05, 4.69) is 124 Å². The zero-order valence-corrected chi connectivity index (χ0v) is 26.0. The number of rotatable bonds is 7. The second-order valence-corrected chi connectivity index (χ2v) is 11.6. The summed E-state index contributed by atoms with van der Waals surface area (Å²) in [6.45, 7) is 25.5. The summed E-state index contributed by atoms with van der Waals surface area (Å²) in [6, 6.07) is 24.0. The summed E-state index contributed by atoms with van der Waals surface area (Å²) >= 11 is 0. The predicted octanol–water partition coefficient (Wildman–Crippen LogP) is 11.9. The molecule has 3 aromatic rings. The van der Waals surface area contributed by atoms with Crippen LogP contribution in [0.1, 0.15) is 108 Å². The molecule has 0 saturated carbocycles. The topological polar surface area (TPSA) is 0 Å². The number of benzene rings is 3. The number of aryl methyl sites for hydroxylation is 3. The lowest BCUT2D eigenvalue weighted by Crippen LogP contribution is -1.91. The van der Waals surface area contributed by atoms with Crippen LogP contribution in [0.2, 0.25) is 0 Å². The third kappa shape index (κ3) is 17.7. The molecule has 0 heterocycles. The van der Waals surface area contributed by atoms with Crippen LogP contribution in [0.4, 0.5) is 4.39 Å². The van der Waals surface area contributed by atoms with Gasteiger partial charge in [0.05, 0.1) is 0 Å². The van der Waals surface area contributed by atoms with Crippen molar-refractivity contribution in [3.63, 3.8) is 0 Å². The van der Waals surface area contributed by atoms with Crippen LogP contribution in [0.3, 0.4) is 0 Å². The van der Waals surface area contributed by atoms with Gasteiger partial charge in [-0.1, -0.05) is 128 Å². The lowest BCUT2D eigenvalue weighted by Gasteiger charge is -2.09. The molecule has 3 rings (SSSR count). The minimum Gasteiger partial charge on any atom is -0.207 e. The van der Waals surface area contributed by atoms with E-state index in [4.69, 9.17) is 0 Å². The molecule has 0 N–H and O–H groups in total. The molecule has 0 aromatic heterocycles. The first-order valence-corrected chi connectivity index (χ1v) is 14.3. The van der Waals surface area contributed by atoms with Crippen LogP contribution in [0.25, 0.3) is 0 Å². The van der Waals surface area contributed by atoms with Gasteiger partial charge in [-0.15, -0.1) is 6.58 Å². The molecule has 0 radical (unpaired) electrons. The molecular formula is C37H55F. The Morgan fingerprint density at radius 1 is 0.711 bits per heavy atom. The summed E-state index contributed by atoms with van der Waals surface area (Å²) in [7, 11) is 0.